The monoisotopic (exact) mass is 351 g/mol. The van der Waals surface area contributed by atoms with E-state index >= 15 is 0 Å². The summed E-state index contributed by atoms with van der Waals surface area (Å²) in [5.74, 6) is -1.31. The molecular formula is C13H16F3N3O3S. The van der Waals surface area contributed by atoms with E-state index in [1.54, 1.807) is 0 Å². The summed E-state index contributed by atoms with van der Waals surface area (Å²) in [6, 6.07) is 2.93. The van der Waals surface area contributed by atoms with Crippen LogP contribution in [0.1, 0.15) is 12.8 Å². The molecule has 0 saturated carbocycles. The molecule has 0 bridgehead atoms. The van der Waals surface area contributed by atoms with Crippen molar-refractivity contribution in [2.24, 2.45) is 5.92 Å². The lowest BCUT2D eigenvalue weighted by Crippen LogP contribution is -2.44. The summed E-state index contributed by atoms with van der Waals surface area (Å²) in [4.78, 5) is 15.5. The first-order valence-electron chi connectivity index (χ1n) is 6.95. The SMILES string of the molecule is O=C(NCC(F)(F)F)C1CCN(S(=O)(=O)c2cccnc2)CC1. The summed E-state index contributed by atoms with van der Waals surface area (Å²) in [5.41, 5.74) is 0. The van der Waals surface area contributed by atoms with Gasteiger partial charge in [-0.1, -0.05) is 0 Å². The van der Waals surface area contributed by atoms with E-state index in [9.17, 15) is 26.4 Å². The number of amides is 1. The van der Waals surface area contributed by atoms with Crippen molar-refractivity contribution in [1.82, 2.24) is 14.6 Å². The summed E-state index contributed by atoms with van der Waals surface area (Å²) in [6.07, 6.45) is -1.40. The van der Waals surface area contributed by atoms with Crippen LogP contribution in [0.4, 0.5) is 13.2 Å². The highest BCUT2D eigenvalue weighted by Gasteiger charge is 2.34. The first-order chi connectivity index (χ1) is 10.7. The Kier molecular flexibility index (Phi) is 5.25. The van der Waals surface area contributed by atoms with Crippen molar-refractivity contribution < 1.29 is 26.4 Å². The van der Waals surface area contributed by atoms with Gasteiger partial charge >= 0.3 is 6.18 Å². The van der Waals surface area contributed by atoms with E-state index in [1.807, 2.05) is 5.32 Å². The van der Waals surface area contributed by atoms with E-state index in [4.69, 9.17) is 0 Å². The number of aromatic nitrogens is 1. The molecule has 1 fully saturated rings. The third kappa shape index (κ3) is 4.64. The molecule has 0 unspecified atom stereocenters. The van der Waals surface area contributed by atoms with Crippen molar-refractivity contribution in [1.29, 1.82) is 0 Å². The molecule has 0 aliphatic carbocycles. The Bertz CT molecular complexity index is 641. The lowest BCUT2D eigenvalue weighted by molar-refractivity contribution is -0.141. The first kappa shape index (κ1) is 17.7. The van der Waals surface area contributed by atoms with Crippen molar-refractivity contribution in [3.05, 3.63) is 24.5 Å². The van der Waals surface area contributed by atoms with Crippen LogP contribution in [0.2, 0.25) is 0 Å². The molecule has 6 nitrogen and oxygen atoms in total. The van der Waals surface area contributed by atoms with E-state index in [1.165, 1.54) is 28.8 Å². The molecule has 128 valence electrons. The van der Waals surface area contributed by atoms with Crippen molar-refractivity contribution in [3.63, 3.8) is 0 Å². The second kappa shape index (κ2) is 6.83. The number of sulfonamides is 1. The third-order valence-electron chi connectivity index (χ3n) is 3.56. The number of piperidine rings is 1. The minimum atomic E-state index is -4.46. The maximum atomic E-state index is 12.4. The van der Waals surface area contributed by atoms with Crippen LogP contribution in [0.5, 0.6) is 0 Å². The van der Waals surface area contributed by atoms with Gasteiger partial charge in [-0.2, -0.15) is 17.5 Å². The van der Waals surface area contributed by atoms with E-state index in [-0.39, 0.29) is 30.8 Å². The smallest absolute Gasteiger partial charge is 0.347 e. The van der Waals surface area contributed by atoms with Gasteiger partial charge in [-0.05, 0) is 25.0 Å². The van der Waals surface area contributed by atoms with E-state index in [0.717, 1.165) is 0 Å². The topological polar surface area (TPSA) is 79.4 Å². The first-order valence-corrected chi connectivity index (χ1v) is 8.39. The van der Waals surface area contributed by atoms with E-state index < -0.39 is 34.6 Å². The summed E-state index contributed by atoms with van der Waals surface area (Å²) < 4.78 is 62.2. The fourth-order valence-electron chi connectivity index (χ4n) is 2.34. The van der Waals surface area contributed by atoms with Crippen molar-refractivity contribution in [3.8, 4) is 0 Å². The maximum Gasteiger partial charge on any atom is 0.405 e. The fraction of sp³-hybridized carbons (Fsp3) is 0.538. The molecule has 1 amide bonds. The standard InChI is InChI=1S/C13H16F3N3O3S/c14-13(15,16)9-18-12(20)10-3-6-19(7-4-10)23(21,22)11-2-1-5-17-8-11/h1-2,5,8,10H,3-4,6-7,9H2,(H,18,20). The quantitative estimate of drug-likeness (QED) is 0.883. The van der Waals surface area contributed by atoms with Crippen LogP contribution >= 0.6 is 0 Å². The average molecular weight is 351 g/mol. The van der Waals surface area contributed by atoms with Crippen LogP contribution in [-0.4, -0.2) is 49.4 Å². The molecule has 2 heterocycles. The van der Waals surface area contributed by atoms with Gasteiger partial charge in [-0.3, -0.25) is 9.78 Å². The van der Waals surface area contributed by atoms with Crippen LogP contribution in [-0.2, 0) is 14.8 Å². The number of pyridine rings is 1. The highest BCUT2D eigenvalue weighted by Crippen LogP contribution is 2.23. The summed E-state index contributed by atoms with van der Waals surface area (Å²) >= 11 is 0. The van der Waals surface area contributed by atoms with Crippen molar-refractivity contribution in [2.75, 3.05) is 19.6 Å². The van der Waals surface area contributed by atoms with Gasteiger partial charge in [-0.15, -0.1) is 0 Å². The number of alkyl halides is 3. The van der Waals surface area contributed by atoms with Crippen molar-refractivity contribution in [2.45, 2.75) is 23.9 Å². The molecule has 1 aliphatic heterocycles. The second-order valence-electron chi connectivity index (χ2n) is 5.20. The Morgan fingerprint density at radius 3 is 2.52 bits per heavy atom. The minimum absolute atomic E-state index is 0.0555. The predicted octanol–water partition coefficient (Wildman–Crippen LogP) is 1.16. The number of carbonyl (C=O) groups excluding carboxylic acids is 1. The van der Waals surface area contributed by atoms with Gasteiger partial charge in [0, 0.05) is 31.4 Å². The number of carbonyl (C=O) groups is 1. The molecule has 1 aliphatic rings. The second-order valence-corrected chi connectivity index (χ2v) is 7.14. The minimum Gasteiger partial charge on any atom is -0.347 e. The predicted molar refractivity (Wildman–Crippen MR) is 74.8 cm³/mol. The molecule has 2 rings (SSSR count). The molecule has 0 atom stereocenters. The molecule has 23 heavy (non-hydrogen) atoms. The molecule has 1 aromatic rings. The molecule has 1 N–H and O–H groups in total. The van der Waals surface area contributed by atoms with Crippen LogP contribution in [0, 0.1) is 5.92 Å². The Labute approximate surface area is 131 Å². The van der Waals surface area contributed by atoms with Crippen molar-refractivity contribution >= 4 is 15.9 Å². The number of hydrogen-bond acceptors (Lipinski definition) is 4. The highest BCUT2D eigenvalue weighted by atomic mass is 32.2. The van der Waals surface area contributed by atoms with E-state index in [2.05, 4.69) is 4.98 Å². The van der Waals surface area contributed by atoms with Gasteiger partial charge in [0.15, 0.2) is 0 Å². The van der Waals surface area contributed by atoms with Crippen LogP contribution < -0.4 is 5.32 Å². The molecule has 10 heteroatoms. The molecule has 1 saturated heterocycles. The van der Waals surface area contributed by atoms with Gasteiger partial charge in [0.05, 0.1) is 0 Å². The van der Waals surface area contributed by atoms with Crippen LogP contribution in [0.3, 0.4) is 0 Å². The summed E-state index contributed by atoms with van der Waals surface area (Å²) in [7, 11) is -3.69. The lowest BCUT2D eigenvalue weighted by Gasteiger charge is -2.30. The van der Waals surface area contributed by atoms with Gasteiger partial charge in [0.2, 0.25) is 15.9 Å². The molecule has 0 spiro atoms. The lowest BCUT2D eigenvalue weighted by atomic mass is 9.97. The van der Waals surface area contributed by atoms with Crippen LogP contribution in [0.25, 0.3) is 0 Å². The Balaban J connectivity index is 1.92. The molecule has 1 aromatic heterocycles. The number of hydrogen-bond donors (Lipinski definition) is 1. The maximum absolute atomic E-state index is 12.4. The molecule has 0 aromatic carbocycles. The number of nitrogens with zero attached hydrogens (tertiary/aromatic N) is 2. The summed E-state index contributed by atoms with van der Waals surface area (Å²) in [5, 5.41) is 1.84. The Morgan fingerprint density at radius 1 is 1.35 bits per heavy atom. The zero-order valence-electron chi connectivity index (χ0n) is 12.1. The molecular weight excluding hydrogens is 335 g/mol. The van der Waals surface area contributed by atoms with E-state index in [0.29, 0.717) is 0 Å². The average Bonchev–Trinajstić information content (AvgIpc) is 2.53. The van der Waals surface area contributed by atoms with Crippen LogP contribution in [0.15, 0.2) is 29.4 Å². The Hall–Kier alpha value is -1.68. The number of nitrogens with one attached hydrogen (secondary N) is 1. The van der Waals surface area contributed by atoms with Gasteiger partial charge in [0.1, 0.15) is 11.4 Å². The number of halogens is 3. The fourth-order valence-corrected chi connectivity index (χ4v) is 3.77. The largest absolute Gasteiger partial charge is 0.405 e. The molecule has 0 radical (unpaired) electrons. The number of rotatable bonds is 4. The third-order valence-corrected chi connectivity index (χ3v) is 5.44. The normalized spacial score (nSPS) is 17.9. The zero-order valence-corrected chi connectivity index (χ0v) is 12.9. The Morgan fingerprint density at radius 2 is 2.00 bits per heavy atom. The van der Waals surface area contributed by atoms with Gasteiger partial charge in [0.25, 0.3) is 0 Å². The highest BCUT2D eigenvalue weighted by molar-refractivity contribution is 7.89. The summed E-state index contributed by atoms with van der Waals surface area (Å²) in [6.45, 7) is -1.21. The van der Waals surface area contributed by atoms with Gasteiger partial charge in [-0.25, -0.2) is 8.42 Å². The zero-order chi connectivity index (χ0) is 17.1. The van der Waals surface area contributed by atoms with Gasteiger partial charge < -0.3 is 5.32 Å².